The van der Waals surface area contributed by atoms with E-state index in [-0.39, 0.29) is 0 Å². The van der Waals surface area contributed by atoms with E-state index in [0.717, 1.165) is 37.7 Å². The lowest BCUT2D eigenvalue weighted by Gasteiger charge is -2.11. The summed E-state index contributed by atoms with van der Waals surface area (Å²) in [5, 5.41) is 15.3. The van der Waals surface area contributed by atoms with E-state index in [9.17, 15) is 0 Å². The van der Waals surface area contributed by atoms with Gasteiger partial charge in [0, 0.05) is 32.4 Å². The Kier molecular flexibility index (Phi) is 5.80. The number of rotatable bonds is 6. The summed E-state index contributed by atoms with van der Waals surface area (Å²) in [6.07, 6.45) is 1.01. The maximum Gasteiger partial charge on any atom is 0.191 e. The molecule has 0 bridgehead atoms. The van der Waals surface area contributed by atoms with Gasteiger partial charge in [-0.1, -0.05) is 0 Å². The minimum Gasteiger partial charge on any atom is -0.356 e. The average Bonchev–Trinajstić information content (AvgIpc) is 3.08. The molecule has 2 N–H and O–H groups in total. The molecule has 0 saturated carbocycles. The number of aliphatic imine (C=N–C) groups is 1. The van der Waals surface area contributed by atoms with Crippen LogP contribution in [0.25, 0.3) is 0 Å². The minimum atomic E-state index is 0.806. The van der Waals surface area contributed by atoms with Crippen LogP contribution >= 0.6 is 11.3 Å². The highest BCUT2D eigenvalue weighted by atomic mass is 32.1. The number of nitrogens with one attached hydrogen (secondary N) is 2. The molecular weight excluding hydrogens is 282 g/mol. The lowest BCUT2D eigenvalue weighted by atomic mass is 10.3. The van der Waals surface area contributed by atoms with Crippen molar-refractivity contribution in [2.24, 2.45) is 4.99 Å². The molecule has 2 heterocycles. The first kappa shape index (κ1) is 15.6. The number of hydrogen-bond acceptors (Lipinski definition) is 3. The molecule has 0 aliphatic rings. The summed E-state index contributed by atoms with van der Waals surface area (Å²) in [6, 6.07) is 4.22. The van der Waals surface area contributed by atoms with E-state index in [1.807, 2.05) is 6.92 Å². The maximum absolute atomic E-state index is 4.46. The fraction of sp³-hybridized carbons (Fsp3) is 0.467. The third-order valence-corrected chi connectivity index (χ3v) is 3.94. The van der Waals surface area contributed by atoms with Crippen molar-refractivity contribution in [1.82, 2.24) is 20.4 Å². The van der Waals surface area contributed by atoms with E-state index >= 15 is 0 Å². The van der Waals surface area contributed by atoms with Crippen LogP contribution in [-0.4, -0.2) is 29.3 Å². The largest absolute Gasteiger partial charge is 0.356 e. The molecule has 2 aromatic heterocycles. The molecule has 0 unspecified atom stereocenters. The molecule has 5 nitrogen and oxygen atoms in total. The van der Waals surface area contributed by atoms with Crippen LogP contribution in [0.2, 0.25) is 0 Å². The quantitative estimate of drug-likeness (QED) is 0.489. The molecule has 0 spiro atoms. The zero-order chi connectivity index (χ0) is 15.1. The molecule has 0 amide bonds. The van der Waals surface area contributed by atoms with Gasteiger partial charge in [0.2, 0.25) is 0 Å². The number of hydrogen-bond donors (Lipinski definition) is 2. The summed E-state index contributed by atoms with van der Waals surface area (Å²) < 4.78 is 2.05. The van der Waals surface area contributed by atoms with Gasteiger partial charge < -0.3 is 10.6 Å². The monoisotopic (exact) mass is 305 g/mol. The van der Waals surface area contributed by atoms with Crippen molar-refractivity contribution in [3.05, 3.63) is 39.8 Å². The van der Waals surface area contributed by atoms with Crippen molar-refractivity contribution < 1.29 is 0 Å². The highest BCUT2D eigenvalue weighted by Gasteiger charge is 2.01. The lowest BCUT2D eigenvalue weighted by molar-refractivity contribution is 0.555. The fourth-order valence-corrected chi connectivity index (χ4v) is 2.81. The molecular formula is C15H23N5S. The van der Waals surface area contributed by atoms with Crippen molar-refractivity contribution in [2.75, 3.05) is 13.6 Å². The second-order valence-corrected chi connectivity index (χ2v) is 5.77. The molecule has 2 aromatic rings. The van der Waals surface area contributed by atoms with Crippen molar-refractivity contribution in [2.45, 2.75) is 33.4 Å². The summed E-state index contributed by atoms with van der Waals surface area (Å²) in [5.41, 5.74) is 3.58. The Bertz CT molecular complexity index is 571. The standard InChI is InChI=1S/C15H23N5S/c1-12-9-13(2)20(19-12)7-4-6-17-15(16-3)18-10-14-5-8-21-11-14/h5,8-9,11H,4,6-7,10H2,1-3H3,(H2,16,17,18). The van der Waals surface area contributed by atoms with Crippen LogP contribution in [0, 0.1) is 13.8 Å². The van der Waals surface area contributed by atoms with Crippen LogP contribution in [0.1, 0.15) is 23.4 Å². The van der Waals surface area contributed by atoms with Crippen molar-refractivity contribution in [1.29, 1.82) is 0 Å². The van der Waals surface area contributed by atoms with E-state index in [0.29, 0.717) is 0 Å². The highest BCUT2D eigenvalue weighted by Crippen LogP contribution is 2.05. The zero-order valence-corrected chi connectivity index (χ0v) is 13.7. The first-order valence-corrected chi connectivity index (χ1v) is 8.10. The van der Waals surface area contributed by atoms with Crippen LogP contribution in [0.3, 0.4) is 0 Å². The van der Waals surface area contributed by atoms with E-state index < -0.39 is 0 Å². The summed E-state index contributed by atoms with van der Waals surface area (Å²) >= 11 is 1.71. The first-order chi connectivity index (χ1) is 10.2. The molecule has 0 fully saturated rings. The van der Waals surface area contributed by atoms with Gasteiger partial charge in [0.1, 0.15) is 0 Å². The molecule has 0 aromatic carbocycles. The summed E-state index contributed by atoms with van der Waals surface area (Å²) in [4.78, 5) is 4.23. The van der Waals surface area contributed by atoms with Gasteiger partial charge in [0.25, 0.3) is 0 Å². The third kappa shape index (κ3) is 4.90. The van der Waals surface area contributed by atoms with Crippen LogP contribution in [-0.2, 0) is 13.1 Å². The second-order valence-electron chi connectivity index (χ2n) is 4.99. The Balaban J connectivity index is 1.68. The normalized spacial score (nSPS) is 11.7. The summed E-state index contributed by atoms with van der Waals surface area (Å²) in [6.45, 7) is 6.73. The van der Waals surface area contributed by atoms with Crippen LogP contribution < -0.4 is 10.6 Å². The van der Waals surface area contributed by atoms with Crippen LogP contribution in [0.5, 0.6) is 0 Å². The summed E-state index contributed by atoms with van der Waals surface area (Å²) in [5.74, 6) is 0.842. The molecule has 0 radical (unpaired) electrons. The molecule has 0 aliphatic heterocycles. The number of guanidine groups is 1. The van der Waals surface area contributed by atoms with E-state index in [1.54, 1.807) is 18.4 Å². The number of nitrogens with zero attached hydrogens (tertiary/aromatic N) is 3. The predicted octanol–water partition coefficient (Wildman–Crippen LogP) is 2.32. The molecule has 0 aliphatic carbocycles. The number of aromatic nitrogens is 2. The van der Waals surface area contributed by atoms with Gasteiger partial charge in [-0.05, 0) is 48.7 Å². The van der Waals surface area contributed by atoms with Crippen molar-refractivity contribution in [3.8, 4) is 0 Å². The van der Waals surface area contributed by atoms with Gasteiger partial charge in [0.15, 0.2) is 5.96 Å². The number of aryl methyl sites for hydroxylation is 3. The molecule has 0 atom stereocenters. The summed E-state index contributed by atoms with van der Waals surface area (Å²) in [7, 11) is 1.80. The Hall–Kier alpha value is -1.82. The minimum absolute atomic E-state index is 0.806. The van der Waals surface area contributed by atoms with E-state index in [2.05, 4.69) is 55.2 Å². The van der Waals surface area contributed by atoms with Crippen LogP contribution in [0.4, 0.5) is 0 Å². The average molecular weight is 305 g/mol. The smallest absolute Gasteiger partial charge is 0.191 e. The first-order valence-electron chi connectivity index (χ1n) is 7.15. The van der Waals surface area contributed by atoms with Crippen molar-refractivity contribution >= 4 is 17.3 Å². The topological polar surface area (TPSA) is 54.2 Å². The van der Waals surface area contributed by atoms with Gasteiger partial charge in [-0.25, -0.2) is 0 Å². The second kappa shape index (κ2) is 7.83. The van der Waals surface area contributed by atoms with Gasteiger partial charge in [-0.2, -0.15) is 16.4 Å². The SMILES string of the molecule is CN=C(NCCCn1nc(C)cc1C)NCc1ccsc1. The zero-order valence-electron chi connectivity index (χ0n) is 12.9. The molecule has 21 heavy (non-hydrogen) atoms. The Labute approximate surface area is 130 Å². The van der Waals surface area contributed by atoms with E-state index in [4.69, 9.17) is 0 Å². The lowest BCUT2D eigenvalue weighted by Crippen LogP contribution is -2.37. The van der Waals surface area contributed by atoms with Crippen LogP contribution in [0.15, 0.2) is 27.9 Å². The maximum atomic E-state index is 4.46. The van der Waals surface area contributed by atoms with E-state index in [1.165, 1.54) is 11.3 Å². The van der Waals surface area contributed by atoms with Gasteiger partial charge >= 0.3 is 0 Å². The molecule has 2 rings (SSSR count). The fourth-order valence-electron chi connectivity index (χ4n) is 2.14. The van der Waals surface area contributed by atoms with Gasteiger partial charge in [0.05, 0.1) is 5.69 Å². The molecule has 114 valence electrons. The predicted molar refractivity (Wildman–Crippen MR) is 88.8 cm³/mol. The van der Waals surface area contributed by atoms with Gasteiger partial charge in [-0.15, -0.1) is 0 Å². The number of thiophene rings is 1. The van der Waals surface area contributed by atoms with Gasteiger partial charge in [-0.3, -0.25) is 9.67 Å². The Morgan fingerprint density at radius 3 is 2.86 bits per heavy atom. The third-order valence-electron chi connectivity index (χ3n) is 3.21. The van der Waals surface area contributed by atoms with Crippen molar-refractivity contribution in [3.63, 3.8) is 0 Å². The molecule has 6 heteroatoms. The Morgan fingerprint density at radius 1 is 1.38 bits per heavy atom. The molecule has 0 saturated heterocycles. The highest BCUT2D eigenvalue weighted by molar-refractivity contribution is 7.07. The Morgan fingerprint density at radius 2 is 2.24 bits per heavy atom.